The van der Waals surface area contributed by atoms with Gasteiger partial charge in [0.1, 0.15) is 0 Å². The van der Waals surface area contributed by atoms with Gasteiger partial charge in [0.05, 0.1) is 24.5 Å². The smallest absolute Gasteiger partial charge is 0.157 e. The highest BCUT2D eigenvalue weighted by molar-refractivity contribution is 6.31. The first-order valence-corrected chi connectivity index (χ1v) is 14.2. The van der Waals surface area contributed by atoms with Gasteiger partial charge in [-0.1, -0.05) is 31.9 Å². The largest absolute Gasteiger partial charge is 0.397 e. The standard InChI is InChI=1S/C29H44ClN3O2/c1-18-10-13-29(17-35-3)19(14-18)4-6-21-22-7-8-24(28(22,2)12-11-23(21)29)27(34)16-33(32)26-9-5-20(30)15-25(26)31/h5,9,15,18-19,21-24H,4,6-8,10-14,16-17,31-32H2,1-3H3. The van der Waals surface area contributed by atoms with Crippen molar-refractivity contribution >= 4 is 28.8 Å². The summed E-state index contributed by atoms with van der Waals surface area (Å²) in [6.45, 7) is 5.97. The fourth-order valence-corrected chi connectivity index (χ4v) is 9.67. The summed E-state index contributed by atoms with van der Waals surface area (Å²) in [5, 5.41) is 2.08. The lowest BCUT2D eigenvalue weighted by molar-refractivity contribution is -0.154. The third kappa shape index (κ3) is 4.20. The van der Waals surface area contributed by atoms with Gasteiger partial charge in [0.15, 0.2) is 5.78 Å². The van der Waals surface area contributed by atoms with Gasteiger partial charge in [0.2, 0.25) is 0 Å². The summed E-state index contributed by atoms with van der Waals surface area (Å²) in [6.07, 6.45) is 11.3. The molecular formula is C29H44ClN3O2. The van der Waals surface area contributed by atoms with Gasteiger partial charge in [0.25, 0.3) is 0 Å². The number of methoxy groups -OCH3 is 1. The van der Waals surface area contributed by atoms with Gasteiger partial charge >= 0.3 is 0 Å². The molecule has 0 heterocycles. The number of nitrogens with two attached hydrogens (primary N) is 2. The van der Waals surface area contributed by atoms with Crippen molar-refractivity contribution in [1.29, 1.82) is 0 Å². The highest BCUT2D eigenvalue weighted by Gasteiger charge is 2.62. The van der Waals surface area contributed by atoms with Crippen LogP contribution in [0, 0.1) is 46.3 Å². The molecular weight excluding hydrogens is 458 g/mol. The molecule has 1 aromatic carbocycles. The number of benzene rings is 1. The molecule has 6 heteroatoms. The molecule has 8 atom stereocenters. The lowest BCUT2D eigenvalue weighted by Crippen LogP contribution is -2.56. The molecule has 0 spiro atoms. The number of fused-ring (bicyclic) bond motifs is 5. The van der Waals surface area contributed by atoms with Crippen molar-refractivity contribution in [3.05, 3.63) is 23.2 Å². The van der Waals surface area contributed by atoms with Gasteiger partial charge in [0, 0.05) is 18.1 Å². The average Bonchev–Trinajstić information content (AvgIpc) is 3.16. The van der Waals surface area contributed by atoms with Crippen LogP contribution in [0.15, 0.2) is 18.2 Å². The van der Waals surface area contributed by atoms with Crippen LogP contribution in [0.3, 0.4) is 0 Å². The molecule has 35 heavy (non-hydrogen) atoms. The predicted molar refractivity (Wildman–Crippen MR) is 143 cm³/mol. The first-order valence-electron chi connectivity index (χ1n) is 13.8. The molecule has 0 bridgehead atoms. The minimum Gasteiger partial charge on any atom is -0.397 e. The first-order chi connectivity index (χ1) is 16.7. The van der Waals surface area contributed by atoms with Crippen molar-refractivity contribution in [2.75, 3.05) is 31.0 Å². The van der Waals surface area contributed by atoms with Gasteiger partial charge in [-0.05, 0) is 110 Å². The average molecular weight is 502 g/mol. The second-order valence-electron chi connectivity index (χ2n) is 12.7. The van der Waals surface area contributed by atoms with Crippen molar-refractivity contribution < 1.29 is 9.53 Å². The summed E-state index contributed by atoms with van der Waals surface area (Å²) in [7, 11) is 1.90. The van der Waals surface area contributed by atoms with Crippen LogP contribution in [0.5, 0.6) is 0 Å². The molecule has 0 amide bonds. The SMILES string of the molecule is COCC12CCC(C)CC1CCC1C3CCC(C(=O)CN(N)c4ccc(Cl)cc4N)C3(C)CCC12. The van der Waals surface area contributed by atoms with Crippen LogP contribution in [0.4, 0.5) is 11.4 Å². The molecule has 0 saturated heterocycles. The zero-order chi connectivity index (χ0) is 25.0. The molecule has 4 aliphatic rings. The number of nitrogens with zero attached hydrogens (tertiary/aromatic N) is 1. The number of hydrazine groups is 1. The third-order valence-electron chi connectivity index (χ3n) is 11.1. The predicted octanol–water partition coefficient (Wildman–Crippen LogP) is 6.09. The van der Waals surface area contributed by atoms with Crippen LogP contribution in [0.1, 0.15) is 71.6 Å². The molecule has 194 valence electrons. The van der Waals surface area contributed by atoms with Crippen molar-refractivity contribution in [3.63, 3.8) is 0 Å². The summed E-state index contributed by atoms with van der Waals surface area (Å²) >= 11 is 6.05. The number of hydrogen-bond acceptors (Lipinski definition) is 5. The Balaban J connectivity index is 1.33. The number of anilines is 2. The number of halogens is 1. The van der Waals surface area contributed by atoms with Gasteiger partial charge in [-0.25, -0.2) is 5.84 Å². The minimum absolute atomic E-state index is 0.0771. The highest BCUT2D eigenvalue weighted by Crippen LogP contribution is 2.68. The Morgan fingerprint density at radius 2 is 1.94 bits per heavy atom. The topological polar surface area (TPSA) is 81.6 Å². The number of carbonyl (C=O) groups excluding carboxylic acids is 1. The molecule has 5 rings (SSSR count). The van der Waals surface area contributed by atoms with E-state index in [9.17, 15) is 4.79 Å². The van der Waals surface area contributed by atoms with Crippen molar-refractivity contribution in [2.24, 2.45) is 52.2 Å². The highest BCUT2D eigenvalue weighted by atomic mass is 35.5. The zero-order valence-corrected chi connectivity index (χ0v) is 22.5. The Hall–Kier alpha value is -1.30. The maximum absolute atomic E-state index is 13.6. The molecule has 0 aliphatic heterocycles. The summed E-state index contributed by atoms with van der Waals surface area (Å²) in [6, 6.07) is 5.26. The van der Waals surface area contributed by atoms with Crippen LogP contribution in [0.2, 0.25) is 5.02 Å². The van der Waals surface area contributed by atoms with E-state index in [1.807, 2.05) is 7.11 Å². The normalized spacial score (nSPS) is 40.5. The van der Waals surface area contributed by atoms with E-state index in [2.05, 4.69) is 13.8 Å². The Bertz CT molecular complexity index is 956. The fourth-order valence-electron chi connectivity index (χ4n) is 9.49. The van der Waals surface area contributed by atoms with Gasteiger partial charge in [-0.2, -0.15) is 0 Å². The molecule has 4 saturated carbocycles. The summed E-state index contributed by atoms with van der Waals surface area (Å²) in [5.41, 5.74) is 7.73. The van der Waals surface area contributed by atoms with E-state index < -0.39 is 0 Å². The van der Waals surface area contributed by atoms with E-state index in [1.54, 1.807) is 18.2 Å². The van der Waals surface area contributed by atoms with Crippen LogP contribution in [-0.4, -0.2) is 26.0 Å². The van der Waals surface area contributed by atoms with E-state index >= 15 is 0 Å². The molecule has 4 aliphatic carbocycles. The van der Waals surface area contributed by atoms with E-state index in [0.29, 0.717) is 27.7 Å². The van der Waals surface area contributed by atoms with Crippen molar-refractivity contribution in [2.45, 2.75) is 71.6 Å². The maximum Gasteiger partial charge on any atom is 0.157 e. The lowest BCUT2D eigenvalue weighted by Gasteiger charge is -2.62. The second kappa shape index (κ2) is 9.54. The molecule has 4 fully saturated rings. The number of ether oxygens (including phenoxy) is 1. The van der Waals surface area contributed by atoms with Crippen molar-refractivity contribution in [1.82, 2.24) is 0 Å². The number of nitrogen functional groups attached to an aromatic ring is 1. The van der Waals surface area contributed by atoms with Gasteiger partial charge in [-0.3, -0.25) is 4.79 Å². The molecule has 4 N–H and O–H groups in total. The van der Waals surface area contributed by atoms with E-state index in [1.165, 1.54) is 50.0 Å². The Kier molecular flexibility index (Phi) is 6.91. The number of ketones is 1. The number of hydrogen-bond donors (Lipinski definition) is 2. The quantitative estimate of drug-likeness (QED) is 0.280. The monoisotopic (exact) mass is 501 g/mol. The van der Waals surface area contributed by atoms with Crippen LogP contribution in [0.25, 0.3) is 0 Å². The van der Waals surface area contributed by atoms with Crippen LogP contribution < -0.4 is 16.6 Å². The van der Waals surface area contributed by atoms with E-state index in [0.717, 1.165) is 43.1 Å². The second-order valence-corrected chi connectivity index (χ2v) is 13.1. The third-order valence-corrected chi connectivity index (χ3v) is 11.3. The molecule has 0 radical (unpaired) electrons. The lowest BCUT2D eigenvalue weighted by atomic mass is 9.44. The zero-order valence-electron chi connectivity index (χ0n) is 21.8. The van der Waals surface area contributed by atoms with E-state index in [4.69, 9.17) is 27.9 Å². The minimum atomic E-state index is 0.0771. The van der Waals surface area contributed by atoms with Crippen molar-refractivity contribution in [3.8, 4) is 0 Å². The van der Waals surface area contributed by atoms with Gasteiger partial charge < -0.3 is 15.5 Å². The molecule has 0 aromatic heterocycles. The number of carbonyl (C=O) groups is 1. The van der Waals surface area contributed by atoms with Crippen LogP contribution >= 0.6 is 11.6 Å². The number of Topliss-reactive ketones (excluding diaryl/α,β-unsaturated/α-hetero) is 1. The Morgan fingerprint density at radius 1 is 1.14 bits per heavy atom. The van der Waals surface area contributed by atoms with E-state index in [-0.39, 0.29) is 23.7 Å². The van der Waals surface area contributed by atoms with Gasteiger partial charge in [-0.15, -0.1) is 0 Å². The summed E-state index contributed by atoms with van der Waals surface area (Å²) in [5.74, 6) is 10.5. The molecule has 5 nitrogen and oxygen atoms in total. The van der Waals surface area contributed by atoms with Crippen LogP contribution in [-0.2, 0) is 9.53 Å². The summed E-state index contributed by atoms with van der Waals surface area (Å²) < 4.78 is 5.93. The Morgan fingerprint density at radius 3 is 2.69 bits per heavy atom. The first kappa shape index (κ1) is 25.4. The molecule has 1 aromatic rings. The fraction of sp³-hybridized carbons (Fsp3) is 0.759. The molecule has 8 unspecified atom stereocenters. The Labute approximate surface area is 216 Å². The number of rotatable bonds is 6. The maximum atomic E-state index is 13.6. The summed E-state index contributed by atoms with van der Waals surface area (Å²) in [4.78, 5) is 13.6.